The van der Waals surface area contributed by atoms with Crippen molar-refractivity contribution in [3.8, 4) is 0 Å². The molecule has 0 aromatic heterocycles. The molecule has 108 valence electrons. The van der Waals surface area contributed by atoms with Crippen LogP contribution in [-0.4, -0.2) is 86.7 Å². The highest BCUT2D eigenvalue weighted by Crippen LogP contribution is 2.02. The van der Waals surface area contributed by atoms with Crippen molar-refractivity contribution < 1.29 is 9.90 Å². The Kier molecular flexibility index (Phi) is 8.97. The van der Waals surface area contributed by atoms with Gasteiger partial charge in [0.2, 0.25) is 0 Å². The molecule has 0 radical (unpaired) electrons. The molecule has 0 heterocycles. The number of aliphatic carboxylic acids is 1. The third kappa shape index (κ3) is 9.39. The molecular formula is C13H29N3O2. The summed E-state index contributed by atoms with van der Waals surface area (Å²) in [4.78, 5) is 17.4. The largest absolute Gasteiger partial charge is 0.481 e. The van der Waals surface area contributed by atoms with Gasteiger partial charge in [-0.3, -0.25) is 4.79 Å². The maximum atomic E-state index is 10.9. The van der Waals surface area contributed by atoms with E-state index < -0.39 is 5.97 Å². The SMILES string of the molecule is CC(CN(CCCN(C)C)CCN(C)C)C(=O)O. The Labute approximate surface area is 111 Å². The number of rotatable bonds is 10. The Morgan fingerprint density at radius 3 is 2.00 bits per heavy atom. The Morgan fingerprint density at radius 2 is 1.56 bits per heavy atom. The third-order valence-corrected chi connectivity index (χ3v) is 2.90. The molecule has 5 heteroatoms. The summed E-state index contributed by atoms with van der Waals surface area (Å²) in [7, 11) is 8.20. The van der Waals surface area contributed by atoms with Gasteiger partial charge in [0.1, 0.15) is 0 Å². The number of hydrogen-bond donors (Lipinski definition) is 1. The summed E-state index contributed by atoms with van der Waals surface area (Å²) in [6.45, 7) is 6.31. The van der Waals surface area contributed by atoms with Crippen LogP contribution in [0, 0.1) is 5.92 Å². The van der Waals surface area contributed by atoms with Crippen molar-refractivity contribution in [3.63, 3.8) is 0 Å². The van der Waals surface area contributed by atoms with Gasteiger partial charge in [0.05, 0.1) is 5.92 Å². The molecule has 1 unspecified atom stereocenters. The van der Waals surface area contributed by atoms with E-state index in [2.05, 4.69) is 28.8 Å². The minimum absolute atomic E-state index is 0.300. The van der Waals surface area contributed by atoms with Gasteiger partial charge in [0.15, 0.2) is 0 Å². The van der Waals surface area contributed by atoms with Crippen molar-refractivity contribution in [2.45, 2.75) is 13.3 Å². The van der Waals surface area contributed by atoms with Crippen LogP contribution in [0.3, 0.4) is 0 Å². The topological polar surface area (TPSA) is 47.0 Å². The summed E-state index contributed by atoms with van der Waals surface area (Å²) in [5.41, 5.74) is 0. The van der Waals surface area contributed by atoms with Gasteiger partial charge in [0.25, 0.3) is 0 Å². The second-order valence-corrected chi connectivity index (χ2v) is 5.50. The van der Waals surface area contributed by atoms with Crippen molar-refractivity contribution in [1.82, 2.24) is 14.7 Å². The Balaban J connectivity index is 4.11. The van der Waals surface area contributed by atoms with Crippen LogP contribution in [0.1, 0.15) is 13.3 Å². The molecule has 0 saturated carbocycles. The Bertz CT molecular complexity index is 232. The quantitative estimate of drug-likeness (QED) is 0.620. The zero-order chi connectivity index (χ0) is 14.1. The predicted octanol–water partition coefficient (Wildman–Crippen LogP) is 0.522. The van der Waals surface area contributed by atoms with E-state index in [1.807, 2.05) is 14.1 Å². The first-order valence-electron chi connectivity index (χ1n) is 6.57. The summed E-state index contributed by atoms with van der Waals surface area (Å²) in [5, 5.41) is 8.98. The van der Waals surface area contributed by atoms with Crippen LogP contribution in [0.25, 0.3) is 0 Å². The van der Waals surface area contributed by atoms with Crippen molar-refractivity contribution >= 4 is 5.97 Å². The molecular weight excluding hydrogens is 230 g/mol. The maximum absolute atomic E-state index is 10.9. The van der Waals surface area contributed by atoms with E-state index in [4.69, 9.17) is 5.11 Å². The van der Waals surface area contributed by atoms with Gasteiger partial charge in [-0.15, -0.1) is 0 Å². The first-order valence-corrected chi connectivity index (χ1v) is 6.57. The van der Waals surface area contributed by atoms with Crippen LogP contribution in [-0.2, 0) is 4.79 Å². The molecule has 0 rings (SSSR count). The van der Waals surface area contributed by atoms with Crippen LogP contribution >= 0.6 is 0 Å². The van der Waals surface area contributed by atoms with Gasteiger partial charge in [-0.05, 0) is 47.7 Å². The second-order valence-electron chi connectivity index (χ2n) is 5.50. The summed E-state index contributed by atoms with van der Waals surface area (Å²) in [5.74, 6) is -1.01. The fraction of sp³-hybridized carbons (Fsp3) is 0.923. The van der Waals surface area contributed by atoms with Crippen molar-refractivity contribution in [1.29, 1.82) is 0 Å². The van der Waals surface area contributed by atoms with Gasteiger partial charge >= 0.3 is 5.97 Å². The molecule has 0 amide bonds. The van der Waals surface area contributed by atoms with Crippen LogP contribution in [0.5, 0.6) is 0 Å². The smallest absolute Gasteiger partial charge is 0.307 e. The van der Waals surface area contributed by atoms with Gasteiger partial charge < -0.3 is 19.8 Å². The molecule has 0 spiro atoms. The molecule has 1 atom stereocenters. The van der Waals surface area contributed by atoms with Crippen LogP contribution < -0.4 is 0 Å². The number of carboxylic acids is 1. The lowest BCUT2D eigenvalue weighted by Crippen LogP contribution is -2.38. The van der Waals surface area contributed by atoms with Crippen LogP contribution in [0.4, 0.5) is 0 Å². The fourth-order valence-electron chi connectivity index (χ4n) is 1.71. The standard InChI is InChI=1S/C13H29N3O2/c1-12(13(17)18)11-16(10-9-15(4)5)8-6-7-14(2)3/h12H,6-11H2,1-5H3,(H,17,18). The van der Waals surface area contributed by atoms with E-state index in [1.54, 1.807) is 6.92 Å². The lowest BCUT2D eigenvalue weighted by Gasteiger charge is -2.26. The fourth-order valence-corrected chi connectivity index (χ4v) is 1.71. The van der Waals surface area contributed by atoms with Crippen LogP contribution in [0.15, 0.2) is 0 Å². The molecule has 0 aromatic rings. The lowest BCUT2D eigenvalue weighted by atomic mass is 10.1. The van der Waals surface area contributed by atoms with Crippen molar-refractivity contribution in [2.24, 2.45) is 5.92 Å². The summed E-state index contributed by atoms with van der Waals surface area (Å²) >= 11 is 0. The molecule has 0 bridgehead atoms. The number of nitrogens with zero attached hydrogens (tertiary/aromatic N) is 3. The highest BCUT2D eigenvalue weighted by molar-refractivity contribution is 5.69. The molecule has 0 fully saturated rings. The predicted molar refractivity (Wildman–Crippen MR) is 75.0 cm³/mol. The summed E-state index contributed by atoms with van der Waals surface area (Å²) in [6.07, 6.45) is 1.08. The molecule has 0 aliphatic heterocycles. The zero-order valence-corrected chi connectivity index (χ0v) is 12.5. The van der Waals surface area contributed by atoms with E-state index in [0.717, 1.165) is 32.6 Å². The number of carbonyl (C=O) groups is 1. The second kappa shape index (κ2) is 9.30. The first kappa shape index (κ1) is 17.4. The van der Waals surface area contributed by atoms with E-state index in [-0.39, 0.29) is 5.92 Å². The van der Waals surface area contributed by atoms with Crippen molar-refractivity contribution in [3.05, 3.63) is 0 Å². The van der Waals surface area contributed by atoms with E-state index >= 15 is 0 Å². The monoisotopic (exact) mass is 259 g/mol. The summed E-state index contributed by atoms with van der Waals surface area (Å²) in [6, 6.07) is 0. The highest BCUT2D eigenvalue weighted by Gasteiger charge is 2.15. The molecule has 0 aliphatic carbocycles. The highest BCUT2D eigenvalue weighted by atomic mass is 16.4. The minimum atomic E-state index is -0.711. The lowest BCUT2D eigenvalue weighted by molar-refractivity contribution is -0.141. The number of carboxylic acid groups (broad SMARTS) is 1. The van der Waals surface area contributed by atoms with E-state index in [0.29, 0.717) is 6.54 Å². The van der Waals surface area contributed by atoms with E-state index in [1.165, 1.54) is 0 Å². The number of likely N-dealkylation sites (N-methyl/N-ethyl adjacent to an activating group) is 1. The van der Waals surface area contributed by atoms with Crippen molar-refractivity contribution in [2.75, 3.05) is 60.9 Å². The average molecular weight is 259 g/mol. The average Bonchev–Trinajstić information content (AvgIpc) is 2.24. The van der Waals surface area contributed by atoms with Gasteiger partial charge in [-0.2, -0.15) is 0 Å². The maximum Gasteiger partial charge on any atom is 0.307 e. The van der Waals surface area contributed by atoms with Gasteiger partial charge in [-0.1, -0.05) is 6.92 Å². The molecule has 5 nitrogen and oxygen atoms in total. The summed E-state index contributed by atoms with van der Waals surface area (Å²) < 4.78 is 0. The van der Waals surface area contributed by atoms with Crippen LogP contribution in [0.2, 0.25) is 0 Å². The molecule has 0 aromatic carbocycles. The third-order valence-electron chi connectivity index (χ3n) is 2.90. The Hall–Kier alpha value is -0.650. The first-order chi connectivity index (χ1) is 8.32. The normalized spacial score (nSPS) is 13.6. The number of hydrogen-bond acceptors (Lipinski definition) is 4. The molecule has 1 N–H and O–H groups in total. The Morgan fingerprint density at radius 1 is 1.00 bits per heavy atom. The molecule has 0 saturated heterocycles. The minimum Gasteiger partial charge on any atom is -0.481 e. The van der Waals surface area contributed by atoms with E-state index in [9.17, 15) is 4.79 Å². The molecule has 18 heavy (non-hydrogen) atoms. The zero-order valence-electron chi connectivity index (χ0n) is 12.5. The molecule has 0 aliphatic rings. The van der Waals surface area contributed by atoms with Gasteiger partial charge in [-0.25, -0.2) is 0 Å². The van der Waals surface area contributed by atoms with Gasteiger partial charge in [0, 0.05) is 19.6 Å².